The number of hydrogen-bond donors (Lipinski definition) is 0. The number of rotatable bonds is 0. The van der Waals surface area contributed by atoms with Crippen LogP contribution in [0.2, 0.25) is 0 Å². The topological polar surface area (TPSA) is 25.8 Å². The first kappa shape index (κ1) is 16.4. The Balaban J connectivity index is 1.96. The Bertz CT molecular complexity index is 1230. The average molecular weight is 352 g/mol. The van der Waals surface area contributed by atoms with Crippen molar-refractivity contribution in [1.29, 1.82) is 0 Å². The van der Waals surface area contributed by atoms with E-state index in [9.17, 15) is 0 Å². The lowest BCUT2D eigenvalue weighted by Gasteiger charge is -2.36. The minimum absolute atomic E-state index is 0.0789. The van der Waals surface area contributed by atoms with Crippen LogP contribution in [0.4, 0.5) is 0 Å². The summed E-state index contributed by atoms with van der Waals surface area (Å²) in [4.78, 5) is 9.38. The predicted molar refractivity (Wildman–Crippen MR) is 113 cm³/mol. The second-order valence-corrected chi connectivity index (χ2v) is 9.26. The van der Waals surface area contributed by atoms with Crippen molar-refractivity contribution in [2.45, 2.75) is 45.4 Å². The molecule has 1 aromatic heterocycles. The quantitative estimate of drug-likeness (QED) is 0.366. The largest absolute Gasteiger partial charge is 0.236 e. The number of fused-ring (bicyclic) bond motifs is 3. The summed E-state index contributed by atoms with van der Waals surface area (Å²) in [6.07, 6.45) is 1.71. The van der Waals surface area contributed by atoms with Crippen LogP contribution >= 0.6 is 0 Å². The number of nitrogens with zero attached hydrogens (tertiary/aromatic N) is 2. The fourth-order valence-electron chi connectivity index (χ4n) is 4.42. The van der Waals surface area contributed by atoms with E-state index in [4.69, 9.17) is 4.98 Å². The fraction of sp³-hybridized carbons (Fsp3) is 0.280. The molecule has 0 spiro atoms. The van der Waals surface area contributed by atoms with Gasteiger partial charge in [-0.2, -0.15) is 0 Å². The molecule has 0 N–H and O–H groups in total. The smallest absolute Gasteiger partial charge is 0.116 e. The van der Waals surface area contributed by atoms with Crippen LogP contribution in [0.25, 0.3) is 32.9 Å². The highest BCUT2D eigenvalue weighted by Gasteiger charge is 2.35. The Hall–Kier alpha value is -2.74. The molecule has 2 nitrogen and oxygen atoms in total. The number of aromatic nitrogens is 2. The second-order valence-electron chi connectivity index (χ2n) is 9.26. The third-order valence-corrected chi connectivity index (χ3v) is 6.09. The van der Waals surface area contributed by atoms with Gasteiger partial charge in [-0.1, -0.05) is 65.0 Å². The summed E-state index contributed by atoms with van der Waals surface area (Å²) in [5.41, 5.74) is 7.34. The molecule has 3 aromatic carbocycles. The van der Waals surface area contributed by atoms with Crippen molar-refractivity contribution in [3.63, 3.8) is 0 Å². The van der Waals surface area contributed by atoms with Crippen molar-refractivity contribution in [2.24, 2.45) is 0 Å². The Labute approximate surface area is 160 Å². The van der Waals surface area contributed by atoms with Crippen LogP contribution < -0.4 is 0 Å². The highest BCUT2D eigenvalue weighted by molar-refractivity contribution is 6.02. The van der Waals surface area contributed by atoms with Gasteiger partial charge in [-0.05, 0) is 51.1 Å². The maximum Gasteiger partial charge on any atom is 0.116 e. The Morgan fingerprint density at radius 3 is 2.22 bits per heavy atom. The van der Waals surface area contributed by atoms with Gasteiger partial charge in [0.05, 0.1) is 11.2 Å². The summed E-state index contributed by atoms with van der Waals surface area (Å²) in [6, 6.07) is 17.9. The van der Waals surface area contributed by atoms with Crippen LogP contribution in [0.15, 0.2) is 54.9 Å². The molecular weight excluding hydrogens is 328 g/mol. The summed E-state index contributed by atoms with van der Waals surface area (Å²) >= 11 is 0. The first-order valence-corrected chi connectivity index (χ1v) is 9.60. The van der Waals surface area contributed by atoms with Crippen LogP contribution in [0, 0.1) is 0 Å². The van der Waals surface area contributed by atoms with Gasteiger partial charge in [0.25, 0.3) is 0 Å². The van der Waals surface area contributed by atoms with Crippen LogP contribution in [-0.4, -0.2) is 9.97 Å². The molecule has 0 saturated heterocycles. The van der Waals surface area contributed by atoms with Crippen LogP contribution in [-0.2, 0) is 10.8 Å². The second kappa shape index (κ2) is 5.16. The summed E-state index contributed by atoms with van der Waals surface area (Å²) in [6.45, 7) is 11.5. The molecule has 0 bridgehead atoms. The summed E-state index contributed by atoms with van der Waals surface area (Å²) in [5, 5.41) is 3.75. The van der Waals surface area contributed by atoms with Gasteiger partial charge in [0.1, 0.15) is 6.33 Å². The van der Waals surface area contributed by atoms with Gasteiger partial charge >= 0.3 is 0 Å². The Morgan fingerprint density at radius 2 is 1.52 bits per heavy atom. The molecule has 5 rings (SSSR count). The van der Waals surface area contributed by atoms with Gasteiger partial charge in [0.2, 0.25) is 0 Å². The van der Waals surface area contributed by atoms with Crippen LogP contribution in [0.3, 0.4) is 0 Å². The van der Waals surface area contributed by atoms with E-state index in [0.29, 0.717) is 0 Å². The zero-order chi connectivity index (χ0) is 19.0. The first-order valence-electron chi connectivity index (χ1n) is 9.60. The molecule has 27 heavy (non-hydrogen) atoms. The van der Waals surface area contributed by atoms with Crippen molar-refractivity contribution in [1.82, 2.24) is 9.97 Å². The standard InChI is InChI=1S/C25H24N2/c1-24(2,3)17-12-20-22-21(13-17)26-14-27-23(22)18-10-15-8-6-7-9-16(15)11-19(18)25(20,4)5/h6-14H,1-5H3. The normalized spacial score (nSPS) is 15.1. The molecule has 0 atom stereocenters. The van der Waals surface area contributed by atoms with E-state index in [0.717, 1.165) is 11.2 Å². The summed E-state index contributed by atoms with van der Waals surface area (Å²) in [7, 11) is 0. The third-order valence-electron chi connectivity index (χ3n) is 6.09. The van der Waals surface area contributed by atoms with Gasteiger partial charge in [0, 0.05) is 16.4 Å². The molecule has 1 aliphatic carbocycles. The van der Waals surface area contributed by atoms with E-state index < -0.39 is 0 Å². The lowest BCUT2D eigenvalue weighted by molar-refractivity contribution is 0.583. The van der Waals surface area contributed by atoms with Crippen molar-refractivity contribution in [3.05, 3.63) is 71.5 Å². The number of benzene rings is 3. The fourth-order valence-corrected chi connectivity index (χ4v) is 4.42. The van der Waals surface area contributed by atoms with Gasteiger partial charge in [-0.25, -0.2) is 9.97 Å². The van der Waals surface area contributed by atoms with E-state index in [2.05, 4.69) is 88.1 Å². The zero-order valence-electron chi connectivity index (χ0n) is 16.6. The highest BCUT2D eigenvalue weighted by atomic mass is 14.8. The monoisotopic (exact) mass is 352 g/mol. The van der Waals surface area contributed by atoms with Crippen molar-refractivity contribution < 1.29 is 0 Å². The Kier molecular flexibility index (Phi) is 3.14. The molecule has 0 unspecified atom stereocenters. The van der Waals surface area contributed by atoms with Crippen LogP contribution in [0.5, 0.6) is 0 Å². The third kappa shape index (κ3) is 2.26. The molecule has 0 saturated carbocycles. The molecule has 0 amide bonds. The van der Waals surface area contributed by atoms with Crippen molar-refractivity contribution >= 4 is 21.7 Å². The van der Waals surface area contributed by atoms with E-state index in [-0.39, 0.29) is 10.8 Å². The SMILES string of the molecule is CC(C)(C)c1cc2c3c(ncnc3c1)-c1cc3ccccc3cc1C2(C)C. The lowest BCUT2D eigenvalue weighted by atomic mass is 9.68. The highest BCUT2D eigenvalue weighted by Crippen LogP contribution is 2.49. The Morgan fingerprint density at radius 1 is 0.815 bits per heavy atom. The molecule has 2 heteroatoms. The zero-order valence-corrected chi connectivity index (χ0v) is 16.6. The lowest BCUT2D eigenvalue weighted by Crippen LogP contribution is -2.25. The maximum absolute atomic E-state index is 4.73. The average Bonchev–Trinajstić information content (AvgIpc) is 2.64. The molecule has 134 valence electrons. The van der Waals surface area contributed by atoms with Gasteiger partial charge in [-0.15, -0.1) is 0 Å². The molecular formula is C25H24N2. The van der Waals surface area contributed by atoms with Crippen molar-refractivity contribution in [3.8, 4) is 11.3 Å². The van der Waals surface area contributed by atoms with Crippen molar-refractivity contribution in [2.75, 3.05) is 0 Å². The molecule has 4 aromatic rings. The number of hydrogen-bond acceptors (Lipinski definition) is 2. The molecule has 1 heterocycles. The summed E-state index contributed by atoms with van der Waals surface area (Å²) < 4.78 is 0. The van der Waals surface area contributed by atoms with E-state index in [1.807, 2.05) is 0 Å². The predicted octanol–water partition coefficient (Wildman–Crippen LogP) is 6.39. The summed E-state index contributed by atoms with van der Waals surface area (Å²) in [5.74, 6) is 0. The van der Waals surface area contributed by atoms with E-state index in [1.54, 1.807) is 6.33 Å². The minimum atomic E-state index is -0.101. The van der Waals surface area contributed by atoms with Gasteiger partial charge in [-0.3, -0.25) is 0 Å². The minimum Gasteiger partial charge on any atom is -0.236 e. The maximum atomic E-state index is 4.73. The molecule has 0 aliphatic heterocycles. The van der Waals surface area contributed by atoms with Gasteiger partial charge < -0.3 is 0 Å². The van der Waals surface area contributed by atoms with E-state index >= 15 is 0 Å². The molecule has 0 radical (unpaired) electrons. The van der Waals surface area contributed by atoms with Crippen LogP contribution in [0.1, 0.15) is 51.3 Å². The molecule has 0 fully saturated rings. The molecule has 1 aliphatic rings. The first-order chi connectivity index (χ1) is 12.8. The van der Waals surface area contributed by atoms with Gasteiger partial charge in [0.15, 0.2) is 0 Å². The van der Waals surface area contributed by atoms with E-state index in [1.165, 1.54) is 38.4 Å².